The van der Waals surface area contributed by atoms with E-state index in [-0.39, 0.29) is 11.8 Å². The normalized spacial score (nSPS) is 16.1. The molecule has 1 aliphatic heterocycles. The average molecular weight is 613 g/mol. The number of anilines is 2. The molecule has 4 aromatic rings. The number of hydrogen-bond acceptors (Lipinski definition) is 4. The first-order valence-corrected chi connectivity index (χ1v) is 13.6. The van der Waals surface area contributed by atoms with E-state index in [2.05, 4.69) is 36.9 Å². The van der Waals surface area contributed by atoms with E-state index in [4.69, 9.17) is 23.2 Å². The van der Waals surface area contributed by atoms with Crippen molar-refractivity contribution in [3.63, 3.8) is 0 Å². The molecule has 0 bridgehead atoms. The minimum Gasteiger partial charge on any atom is -0.367 e. The highest BCUT2D eigenvalue weighted by Gasteiger charge is 2.47. The Morgan fingerprint density at radius 2 is 1.92 bits per heavy atom. The summed E-state index contributed by atoms with van der Waals surface area (Å²) in [5.41, 5.74) is 1.96. The molecule has 0 fully saturated rings. The molecule has 0 saturated heterocycles. The Morgan fingerprint density at radius 3 is 2.71 bits per heavy atom. The number of halogens is 3. The second-order valence-electron chi connectivity index (χ2n) is 9.08. The molecule has 0 radical (unpaired) electrons. The summed E-state index contributed by atoms with van der Waals surface area (Å²) < 4.78 is 2.73. The summed E-state index contributed by atoms with van der Waals surface area (Å²) in [5.74, 6) is -0.486. The fourth-order valence-corrected chi connectivity index (χ4v) is 5.41. The molecule has 2 heterocycles. The number of amides is 2. The van der Waals surface area contributed by atoms with E-state index in [1.54, 1.807) is 48.9 Å². The van der Waals surface area contributed by atoms with Crippen LogP contribution in [0, 0.1) is 0 Å². The molecule has 0 saturated carbocycles. The molecule has 2 amide bonds. The summed E-state index contributed by atoms with van der Waals surface area (Å²) >= 11 is 16.0. The molecule has 10 heteroatoms. The fourth-order valence-electron chi connectivity index (χ4n) is 4.67. The molecule has 1 aromatic heterocycles. The van der Waals surface area contributed by atoms with Gasteiger partial charge in [0.25, 0.3) is 11.8 Å². The number of carbonyl (C=O) groups is 2. The van der Waals surface area contributed by atoms with Crippen LogP contribution in [-0.4, -0.2) is 27.9 Å². The topological polar surface area (TPSA) is 88.1 Å². The maximum Gasteiger partial charge on any atom is 0.255 e. The zero-order chi connectivity index (χ0) is 26.7. The summed E-state index contributed by atoms with van der Waals surface area (Å²) in [4.78, 5) is 31.0. The van der Waals surface area contributed by atoms with E-state index >= 15 is 0 Å². The van der Waals surface area contributed by atoms with Gasteiger partial charge in [0, 0.05) is 63.4 Å². The number of nitrogens with zero attached hydrogens (tertiary/aromatic N) is 2. The molecule has 1 atom stereocenters. The molecule has 194 valence electrons. The fraction of sp³-hybridized carbons (Fsp3) is 0.179. The number of aromatic nitrogens is 2. The number of imidazole rings is 1. The highest BCUT2D eigenvalue weighted by atomic mass is 79.9. The van der Waals surface area contributed by atoms with Crippen LogP contribution < -0.4 is 16.0 Å². The van der Waals surface area contributed by atoms with Gasteiger partial charge in [-0.3, -0.25) is 9.59 Å². The van der Waals surface area contributed by atoms with E-state index < -0.39 is 5.54 Å². The van der Waals surface area contributed by atoms with Crippen molar-refractivity contribution in [2.45, 2.75) is 24.9 Å². The molecule has 38 heavy (non-hydrogen) atoms. The molecule has 1 aliphatic rings. The van der Waals surface area contributed by atoms with Gasteiger partial charge in [0.2, 0.25) is 0 Å². The van der Waals surface area contributed by atoms with Crippen molar-refractivity contribution in [1.29, 1.82) is 0 Å². The Balaban J connectivity index is 1.47. The third-order valence-corrected chi connectivity index (χ3v) is 7.41. The standard InChI is InChI=1S/C28H24BrCl2N5O2/c29-19-5-7-22(26(37)33-9-2-11-36-12-10-32-17-36)24(14-19)35-28(16-18-3-1-4-20(30)13-18)23-8-6-21(31)15-25(23)34-27(28)38/h1,3-8,10,12-15,17,35H,2,9,11,16H2,(H,33,37)(H,34,38). The monoisotopic (exact) mass is 611 g/mol. The van der Waals surface area contributed by atoms with Crippen LogP contribution in [-0.2, 0) is 23.3 Å². The zero-order valence-electron chi connectivity index (χ0n) is 20.2. The molecule has 5 rings (SSSR count). The minimum absolute atomic E-state index is 0.238. The Hall–Kier alpha value is -3.33. The highest BCUT2D eigenvalue weighted by molar-refractivity contribution is 9.10. The Morgan fingerprint density at radius 1 is 1.08 bits per heavy atom. The van der Waals surface area contributed by atoms with Crippen LogP contribution in [0.5, 0.6) is 0 Å². The van der Waals surface area contributed by atoms with Gasteiger partial charge in [-0.05, 0) is 54.4 Å². The van der Waals surface area contributed by atoms with Gasteiger partial charge >= 0.3 is 0 Å². The second kappa shape index (κ2) is 11.2. The predicted molar refractivity (Wildman–Crippen MR) is 154 cm³/mol. The maximum atomic E-state index is 13.7. The molecular weight excluding hydrogens is 589 g/mol. The number of fused-ring (bicyclic) bond motifs is 1. The van der Waals surface area contributed by atoms with E-state index in [9.17, 15) is 9.59 Å². The predicted octanol–water partition coefficient (Wildman–Crippen LogP) is 6.27. The number of benzene rings is 3. The molecule has 3 aromatic carbocycles. The van der Waals surface area contributed by atoms with E-state index in [0.717, 1.165) is 28.6 Å². The number of aryl methyl sites for hydroxylation is 1. The zero-order valence-corrected chi connectivity index (χ0v) is 23.3. The van der Waals surface area contributed by atoms with E-state index in [0.29, 0.717) is 39.9 Å². The van der Waals surface area contributed by atoms with E-state index in [1.807, 2.05) is 35.0 Å². The quantitative estimate of drug-likeness (QED) is 0.194. The van der Waals surface area contributed by atoms with Crippen LogP contribution in [0.4, 0.5) is 11.4 Å². The van der Waals surface area contributed by atoms with Gasteiger partial charge in [0.05, 0.1) is 11.9 Å². The van der Waals surface area contributed by atoms with Crippen LogP contribution >= 0.6 is 39.1 Å². The summed E-state index contributed by atoms with van der Waals surface area (Å²) in [6.07, 6.45) is 6.40. The Kier molecular flexibility index (Phi) is 7.74. The third kappa shape index (κ3) is 5.57. The average Bonchev–Trinajstić information content (AvgIpc) is 3.48. The van der Waals surface area contributed by atoms with Crippen molar-refractivity contribution in [3.05, 3.63) is 111 Å². The van der Waals surface area contributed by atoms with Crippen LogP contribution in [0.2, 0.25) is 10.0 Å². The van der Waals surface area contributed by atoms with Crippen molar-refractivity contribution in [3.8, 4) is 0 Å². The molecule has 0 aliphatic carbocycles. The lowest BCUT2D eigenvalue weighted by Crippen LogP contribution is -2.44. The molecular formula is C28H24BrCl2N5O2. The largest absolute Gasteiger partial charge is 0.367 e. The SMILES string of the molecule is O=C(NCCCn1ccnc1)c1ccc(Br)cc1NC1(Cc2cccc(Cl)c2)C(=O)Nc2cc(Cl)ccc21. The Bertz CT molecular complexity index is 1490. The number of rotatable bonds is 9. The summed E-state index contributed by atoms with van der Waals surface area (Å²) in [7, 11) is 0. The Labute approximate surface area is 238 Å². The first-order chi connectivity index (χ1) is 18.3. The van der Waals surface area contributed by atoms with E-state index in [1.165, 1.54) is 0 Å². The molecule has 3 N–H and O–H groups in total. The smallest absolute Gasteiger partial charge is 0.255 e. The van der Waals surface area contributed by atoms with Crippen LogP contribution in [0.25, 0.3) is 0 Å². The lowest BCUT2D eigenvalue weighted by molar-refractivity contribution is -0.119. The van der Waals surface area contributed by atoms with Gasteiger partial charge in [0.15, 0.2) is 0 Å². The first-order valence-electron chi connectivity index (χ1n) is 12.0. The van der Waals surface area contributed by atoms with Crippen LogP contribution in [0.15, 0.2) is 83.9 Å². The van der Waals surface area contributed by atoms with Crippen molar-refractivity contribution < 1.29 is 9.59 Å². The summed E-state index contributed by atoms with van der Waals surface area (Å²) in [6.45, 7) is 1.23. The molecule has 0 spiro atoms. The highest BCUT2D eigenvalue weighted by Crippen LogP contribution is 2.43. The van der Waals surface area contributed by atoms with Crippen molar-refractivity contribution >= 4 is 62.3 Å². The van der Waals surface area contributed by atoms with Gasteiger partial charge in [-0.1, -0.05) is 57.3 Å². The maximum absolute atomic E-state index is 13.7. The lowest BCUT2D eigenvalue weighted by atomic mass is 9.84. The molecule has 7 nitrogen and oxygen atoms in total. The van der Waals surface area contributed by atoms with Gasteiger partial charge in [-0.25, -0.2) is 4.98 Å². The number of carbonyl (C=O) groups excluding carboxylic acids is 2. The van der Waals surface area contributed by atoms with Gasteiger partial charge < -0.3 is 20.5 Å². The van der Waals surface area contributed by atoms with Crippen molar-refractivity contribution in [1.82, 2.24) is 14.9 Å². The van der Waals surface area contributed by atoms with Gasteiger partial charge in [-0.15, -0.1) is 0 Å². The second-order valence-corrected chi connectivity index (χ2v) is 10.9. The number of hydrogen-bond donors (Lipinski definition) is 3. The summed E-state index contributed by atoms with van der Waals surface area (Å²) in [5, 5.41) is 10.5. The first kappa shape index (κ1) is 26.3. The van der Waals surface area contributed by atoms with Crippen molar-refractivity contribution in [2.24, 2.45) is 0 Å². The molecule has 1 unspecified atom stereocenters. The lowest BCUT2D eigenvalue weighted by Gasteiger charge is -2.31. The van der Waals surface area contributed by atoms with Crippen LogP contribution in [0.3, 0.4) is 0 Å². The van der Waals surface area contributed by atoms with Crippen molar-refractivity contribution in [2.75, 3.05) is 17.2 Å². The van der Waals surface area contributed by atoms with Crippen LogP contribution in [0.1, 0.15) is 27.9 Å². The van der Waals surface area contributed by atoms with Gasteiger partial charge in [-0.2, -0.15) is 0 Å². The number of nitrogens with one attached hydrogen (secondary N) is 3. The van der Waals surface area contributed by atoms with Gasteiger partial charge in [0.1, 0.15) is 5.54 Å². The summed E-state index contributed by atoms with van der Waals surface area (Å²) in [6, 6.07) is 18.1. The minimum atomic E-state index is -1.21. The third-order valence-electron chi connectivity index (χ3n) is 6.45.